The van der Waals surface area contributed by atoms with Crippen LogP contribution < -0.4 is 0 Å². The van der Waals surface area contributed by atoms with Crippen LogP contribution in [0.5, 0.6) is 0 Å². The van der Waals surface area contributed by atoms with Crippen molar-refractivity contribution in [2.24, 2.45) is 7.05 Å². The average molecular weight is 248 g/mol. The van der Waals surface area contributed by atoms with E-state index in [0.717, 1.165) is 5.56 Å². The monoisotopic (exact) mass is 248 g/mol. The van der Waals surface area contributed by atoms with Gasteiger partial charge in [0, 0.05) is 32.4 Å². The highest BCUT2D eigenvalue weighted by atomic mass is 16.5. The Morgan fingerprint density at radius 3 is 2.72 bits per heavy atom. The zero-order valence-corrected chi connectivity index (χ0v) is 11.0. The Labute approximate surface area is 105 Å². The van der Waals surface area contributed by atoms with Gasteiger partial charge < -0.3 is 9.42 Å². The molecule has 18 heavy (non-hydrogen) atoms. The molecular formula is C12H16N4O2. The Kier molecular flexibility index (Phi) is 3.18. The lowest BCUT2D eigenvalue weighted by molar-refractivity contribution is 0.0782. The summed E-state index contributed by atoms with van der Waals surface area (Å²) in [6.45, 7) is 4.02. The Balaban J connectivity index is 2.14. The van der Waals surface area contributed by atoms with E-state index in [4.69, 9.17) is 4.52 Å². The maximum Gasteiger partial charge on any atom is 0.259 e. The fourth-order valence-corrected chi connectivity index (χ4v) is 1.88. The summed E-state index contributed by atoms with van der Waals surface area (Å²) in [7, 11) is 3.60. The van der Waals surface area contributed by atoms with E-state index in [1.165, 1.54) is 0 Å². The molecule has 6 nitrogen and oxygen atoms in total. The lowest BCUT2D eigenvalue weighted by Crippen LogP contribution is -2.26. The van der Waals surface area contributed by atoms with Gasteiger partial charge in [-0.05, 0) is 13.8 Å². The summed E-state index contributed by atoms with van der Waals surface area (Å²) in [5.41, 5.74) is 2.15. The number of carbonyl (C=O) groups excluding carboxylic acids is 1. The van der Waals surface area contributed by atoms with Crippen molar-refractivity contribution in [2.75, 3.05) is 7.05 Å². The number of aromatic nitrogens is 3. The van der Waals surface area contributed by atoms with Gasteiger partial charge in [0.25, 0.3) is 5.91 Å². The normalized spacial score (nSPS) is 10.7. The van der Waals surface area contributed by atoms with Gasteiger partial charge in [0.2, 0.25) is 0 Å². The molecule has 96 valence electrons. The van der Waals surface area contributed by atoms with E-state index >= 15 is 0 Å². The molecule has 2 aromatic rings. The number of amides is 1. The zero-order chi connectivity index (χ0) is 13.3. The van der Waals surface area contributed by atoms with E-state index in [1.54, 1.807) is 36.7 Å². The minimum atomic E-state index is -0.0879. The number of hydrogen-bond acceptors (Lipinski definition) is 4. The molecule has 0 bridgehead atoms. The van der Waals surface area contributed by atoms with E-state index in [1.807, 2.05) is 13.2 Å². The molecule has 0 aliphatic rings. The van der Waals surface area contributed by atoms with Gasteiger partial charge in [-0.1, -0.05) is 5.16 Å². The van der Waals surface area contributed by atoms with Crippen LogP contribution in [0.2, 0.25) is 0 Å². The molecule has 0 atom stereocenters. The molecule has 0 aliphatic carbocycles. The number of hydrogen-bond donors (Lipinski definition) is 0. The molecule has 0 saturated carbocycles. The standard InChI is InChI=1S/C12H16N4O2/c1-8-11(9(2)18-14-8)12(17)15(3)6-10-5-13-16(4)7-10/h5,7H,6H2,1-4H3. The molecule has 0 fully saturated rings. The van der Waals surface area contributed by atoms with Gasteiger partial charge in [-0.15, -0.1) is 0 Å². The summed E-state index contributed by atoms with van der Waals surface area (Å²) in [6, 6.07) is 0. The Morgan fingerprint density at radius 2 is 2.22 bits per heavy atom. The first-order valence-corrected chi connectivity index (χ1v) is 5.65. The third-order valence-electron chi connectivity index (χ3n) is 2.77. The highest BCUT2D eigenvalue weighted by Crippen LogP contribution is 2.15. The largest absolute Gasteiger partial charge is 0.361 e. The Bertz CT molecular complexity index is 551. The van der Waals surface area contributed by atoms with E-state index in [0.29, 0.717) is 23.6 Å². The molecule has 0 N–H and O–H groups in total. The van der Waals surface area contributed by atoms with Gasteiger partial charge in [0.15, 0.2) is 0 Å². The van der Waals surface area contributed by atoms with E-state index in [9.17, 15) is 4.79 Å². The predicted molar refractivity (Wildman–Crippen MR) is 65.0 cm³/mol. The Morgan fingerprint density at radius 1 is 1.50 bits per heavy atom. The lowest BCUT2D eigenvalue weighted by atomic mass is 10.2. The first-order valence-electron chi connectivity index (χ1n) is 5.65. The van der Waals surface area contributed by atoms with Gasteiger partial charge in [-0.2, -0.15) is 5.10 Å². The summed E-state index contributed by atoms with van der Waals surface area (Å²) in [6.07, 6.45) is 3.63. The van der Waals surface area contributed by atoms with Crippen molar-refractivity contribution < 1.29 is 9.32 Å². The summed E-state index contributed by atoms with van der Waals surface area (Å²) in [5.74, 6) is 0.464. The second kappa shape index (κ2) is 4.64. The van der Waals surface area contributed by atoms with Crippen LogP contribution in [0.15, 0.2) is 16.9 Å². The van der Waals surface area contributed by atoms with Gasteiger partial charge >= 0.3 is 0 Å². The number of nitrogens with zero attached hydrogens (tertiary/aromatic N) is 4. The van der Waals surface area contributed by atoms with Crippen molar-refractivity contribution in [2.45, 2.75) is 20.4 Å². The van der Waals surface area contributed by atoms with Gasteiger partial charge in [-0.25, -0.2) is 0 Å². The van der Waals surface area contributed by atoms with Crippen molar-refractivity contribution in [3.05, 3.63) is 35.0 Å². The van der Waals surface area contributed by atoms with Crippen LogP contribution >= 0.6 is 0 Å². The van der Waals surface area contributed by atoms with E-state index in [-0.39, 0.29) is 5.91 Å². The van der Waals surface area contributed by atoms with Crippen LogP contribution in [-0.4, -0.2) is 32.8 Å². The van der Waals surface area contributed by atoms with Crippen LogP contribution in [0.4, 0.5) is 0 Å². The second-order valence-corrected chi connectivity index (χ2v) is 4.38. The van der Waals surface area contributed by atoms with Crippen molar-refractivity contribution in [1.29, 1.82) is 0 Å². The molecule has 0 spiro atoms. The molecule has 0 unspecified atom stereocenters. The second-order valence-electron chi connectivity index (χ2n) is 4.38. The van der Waals surface area contributed by atoms with Gasteiger partial charge in [0.05, 0.1) is 11.9 Å². The van der Waals surface area contributed by atoms with Crippen LogP contribution in [0, 0.1) is 13.8 Å². The maximum absolute atomic E-state index is 12.3. The summed E-state index contributed by atoms with van der Waals surface area (Å²) >= 11 is 0. The van der Waals surface area contributed by atoms with Crippen molar-refractivity contribution in [3.8, 4) is 0 Å². The molecule has 2 rings (SSSR count). The molecule has 2 aromatic heterocycles. The molecule has 1 amide bonds. The van der Waals surface area contributed by atoms with Crippen molar-refractivity contribution >= 4 is 5.91 Å². The van der Waals surface area contributed by atoms with Crippen LogP contribution in [0.25, 0.3) is 0 Å². The number of aryl methyl sites for hydroxylation is 3. The molecule has 0 radical (unpaired) electrons. The third kappa shape index (κ3) is 2.27. The van der Waals surface area contributed by atoms with E-state index in [2.05, 4.69) is 10.3 Å². The SMILES string of the molecule is Cc1noc(C)c1C(=O)N(C)Cc1cnn(C)c1. The minimum absolute atomic E-state index is 0.0879. The molecule has 0 aromatic carbocycles. The quantitative estimate of drug-likeness (QED) is 0.821. The highest BCUT2D eigenvalue weighted by molar-refractivity contribution is 5.95. The molecule has 2 heterocycles. The zero-order valence-electron chi connectivity index (χ0n) is 11.0. The summed E-state index contributed by atoms with van der Waals surface area (Å²) < 4.78 is 6.72. The van der Waals surface area contributed by atoms with E-state index < -0.39 is 0 Å². The smallest absolute Gasteiger partial charge is 0.259 e. The number of carbonyl (C=O) groups is 1. The topological polar surface area (TPSA) is 64.2 Å². The van der Waals surface area contributed by atoms with Crippen LogP contribution in [-0.2, 0) is 13.6 Å². The fourth-order valence-electron chi connectivity index (χ4n) is 1.88. The maximum atomic E-state index is 12.3. The van der Waals surface area contributed by atoms with Gasteiger partial charge in [0.1, 0.15) is 11.3 Å². The summed E-state index contributed by atoms with van der Waals surface area (Å²) in [5, 5.41) is 7.87. The minimum Gasteiger partial charge on any atom is -0.361 e. The predicted octanol–water partition coefficient (Wildman–Crippen LogP) is 1.30. The molecule has 0 saturated heterocycles. The van der Waals surface area contributed by atoms with Crippen LogP contribution in [0.3, 0.4) is 0 Å². The fraction of sp³-hybridized carbons (Fsp3) is 0.417. The van der Waals surface area contributed by atoms with Crippen molar-refractivity contribution in [1.82, 2.24) is 19.8 Å². The molecule has 6 heteroatoms. The van der Waals surface area contributed by atoms with Crippen LogP contribution in [0.1, 0.15) is 27.4 Å². The first-order chi connectivity index (χ1) is 8.49. The lowest BCUT2D eigenvalue weighted by Gasteiger charge is -2.15. The first kappa shape index (κ1) is 12.3. The Hall–Kier alpha value is -2.11. The third-order valence-corrected chi connectivity index (χ3v) is 2.77. The molecule has 0 aliphatic heterocycles. The molecular weight excluding hydrogens is 232 g/mol. The average Bonchev–Trinajstić information content (AvgIpc) is 2.85. The summed E-state index contributed by atoms with van der Waals surface area (Å²) in [4.78, 5) is 13.9. The van der Waals surface area contributed by atoms with Gasteiger partial charge in [-0.3, -0.25) is 9.48 Å². The highest BCUT2D eigenvalue weighted by Gasteiger charge is 2.21. The number of rotatable bonds is 3. The van der Waals surface area contributed by atoms with Crippen molar-refractivity contribution in [3.63, 3.8) is 0 Å².